The van der Waals surface area contributed by atoms with Crippen molar-refractivity contribution in [1.29, 1.82) is 0 Å². The van der Waals surface area contributed by atoms with Gasteiger partial charge in [-0.05, 0) is 66.5 Å². The molecule has 1 aromatic heterocycles. The van der Waals surface area contributed by atoms with Crippen LogP contribution >= 0.6 is 23.2 Å². The van der Waals surface area contributed by atoms with E-state index in [9.17, 15) is 27.9 Å². The molecule has 0 saturated heterocycles. The number of carbonyl (C=O) groups excluding carboxylic acids is 2. The summed E-state index contributed by atoms with van der Waals surface area (Å²) < 4.78 is 23.9. The van der Waals surface area contributed by atoms with Gasteiger partial charge in [-0.15, -0.1) is 11.6 Å². The van der Waals surface area contributed by atoms with Gasteiger partial charge >= 0.3 is 5.97 Å². The molecule has 220 valence electrons. The van der Waals surface area contributed by atoms with E-state index in [-0.39, 0.29) is 28.8 Å². The van der Waals surface area contributed by atoms with Gasteiger partial charge in [0.25, 0.3) is 5.91 Å². The zero-order valence-electron chi connectivity index (χ0n) is 22.9. The van der Waals surface area contributed by atoms with Crippen molar-refractivity contribution in [1.82, 2.24) is 15.2 Å². The van der Waals surface area contributed by atoms with Gasteiger partial charge in [-0.2, -0.15) is 0 Å². The van der Waals surface area contributed by atoms with Crippen molar-refractivity contribution in [3.8, 4) is 0 Å². The normalized spacial score (nSPS) is 21.5. The van der Waals surface area contributed by atoms with E-state index in [4.69, 9.17) is 23.2 Å². The summed E-state index contributed by atoms with van der Waals surface area (Å²) in [5.74, 6) is -2.08. The van der Waals surface area contributed by atoms with Crippen LogP contribution in [0.4, 0.5) is 0 Å². The molecule has 2 aliphatic rings. The second-order valence-corrected chi connectivity index (χ2v) is 13.7. The minimum absolute atomic E-state index is 0.0515. The van der Waals surface area contributed by atoms with E-state index in [2.05, 4.69) is 10.3 Å². The Bertz CT molecular complexity index is 1780. The van der Waals surface area contributed by atoms with Gasteiger partial charge in [-0.1, -0.05) is 29.8 Å². The van der Waals surface area contributed by atoms with Gasteiger partial charge in [-0.25, -0.2) is 13.2 Å². The van der Waals surface area contributed by atoms with Crippen molar-refractivity contribution in [3.63, 3.8) is 0 Å². The van der Waals surface area contributed by atoms with Crippen LogP contribution in [0, 0.1) is 5.41 Å². The average molecular weight is 631 g/mol. The highest BCUT2D eigenvalue weighted by atomic mass is 35.5. The number of carbonyl (C=O) groups is 3. The summed E-state index contributed by atoms with van der Waals surface area (Å²) >= 11 is 13.6. The van der Waals surface area contributed by atoms with Crippen LogP contribution in [-0.4, -0.2) is 72.0 Å². The lowest BCUT2D eigenvalue weighted by molar-refractivity contribution is -0.143. The number of halogens is 2. The smallest absolute Gasteiger partial charge is 0.326 e. The molecule has 3 atom stereocenters. The number of sulfone groups is 1. The Balaban J connectivity index is 1.34. The number of amides is 2. The van der Waals surface area contributed by atoms with Crippen LogP contribution in [0.25, 0.3) is 10.9 Å². The van der Waals surface area contributed by atoms with E-state index in [1.54, 1.807) is 36.2 Å². The second-order valence-electron chi connectivity index (χ2n) is 10.8. The van der Waals surface area contributed by atoms with Crippen molar-refractivity contribution in [3.05, 3.63) is 88.1 Å². The maximum atomic E-state index is 13.6. The van der Waals surface area contributed by atoms with Crippen LogP contribution in [0.1, 0.15) is 29.3 Å². The molecule has 1 aliphatic heterocycles. The van der Waals surface area contributed by atoms with Crippen LogP contribution < -0.4 is 5.32 Å². The summed E-state index contributed by atoms with van der Waals surface area (Å²) in [5, 5.41) is 12.5. The minimum atomic E-state index is -3.50. The number of aliphatic carboxylic acids is 1. The Hall–Kier alpha value is -3.60. The molecular formula is C30H29Cl2N3O6S. The number of fused-ring (bicyclic) bond motifs is 1. The average Bonchev–Trinajstić information content (AvgIpc) is 3.44. The third-order valence-electron chi connectivity index (χ3n) is 7.99. The van der Waals surface area contributed by atoms with E-state index < -0.39 is 38.5 Å². The second kappa shape index (κ2) is 11.2. The molecule has 3 N–H and O–H groups in total. The van der Waals surface area contributed by atoms with E-state index in [0.717, 1.165) is 28.3 Å². The Morgan fingerprint density at radius 1 is 1.19 bits per heavy atom. The summed E-state index contributed by atoms with van der Waals surface area (Å²) in [6.45, 7) is 2.22. The topological polar surface area (TPSA) is 137 Å². The molecule has 0 bridgehead atoms. The van der Waals surface area contributed by atoms with Gasteiger partial charge in [0.2, 0.25) is 5.91 Å². The van der Waals surface area contributed by atoms with E-state index in [1.807, 2.05) is 18.2 Å². The predicted octanol–water partition coefficient (Wildman–Crippen LogP) is 4.28. The first kappa shape index (κ1) is 29.9. The third-order valence-corrected chi connectivity index (χ3v) is 10.3. The molecule has 1 aliphatic carbocycles. The number of carboxylic acid groups (broad SMARTS) is 1. The Morgan fingerprint density at radius 3 is 2.64 bits per heavy atom. The number of nitrogens with one attached hydrogen (secondary N) is 2. The van der Waals surface area contributed by atoms with Gasteiger partial charge in [0.05, 0.1) is 10.3 Å². The predicted molar refractivity (Wildman–Crippen MR) is 160 cm³/mol. The van der Waals surface area contributed by atoms with Crippen molar-refractivity contribution < 1.29 is 27.9 Å². The summed E-state index contributed by atoms with van der Waals surface area (Å²) in [6.07, 6.45) is 4.77. The fourth-order valence-corrected chi connectivity index (χ4v) is 7.03. The maximum Gasteiger partial charge on any atom is 0.326 e. The number of nitrogens with zero attached hydrogens (tertiary/aromatic N) is 1. The highest BCUT2D eigenvalue weighted by Crippen LogP contribution is 2.47. The number of aromatic nitrogens is 1. The number of alkyl halides is 1. The molecule has 42 heavy (non-hydrogen) atoms. The van der Waals surface area contributed by atoms with Crippen molar-refractivity contribution in [2.45, 2.75) is 36.1 Å². The molecule has 0 spiro atoms. The first-order valence-electron chi connectivity index (χ1n) is 13.2. The van der Waals surface area contributed by atoms with E-state index >= 15 is 0 Å². The van der Waals surface area contributed by atoms with Crippen molar-refractivity contribution >= 4 is 61.7 Å². The lowest BCUT2D eigenvalue weighted by Gasteiger charge is -2.42. The third kappa shape index (κ3) is 5.46. The Morgan fingerprint density at radius 2 is 1.93 bits per heavy atom. The molecule has 2 aromatic carbocycles. The molecular weight excluding hydrogens is 601 g/mol. The molecule has 9 nitrogen and oxygen atoms in total. The summed E-state index contributed by atoms with van der Waals surface area (Å²) in [4.78, 5) is 44.1. The van der Waals surface area contributed by atoms with Crippen molar-refractivity contribution in [2.75, 3.05) is 19.3 Å². The number of aromatic amines is 1. The number of carboxylic acids is 1. The number of hydrogen-bond acceptors (Lipinski definition) is 5. The summed E-state index contributed by atoms with van der Waals surface area (Å²) in [6, 6.07) is 11.9. The molecule has 2 heterocycles. The highest BCUT2D eigenvalue weighted by Gasteiger charge is 2.49. The van der Waals surface area contributed by atoms with Crippen LogP contribution in [-0.2, 0) is 25.8 Å². The van der Waals surface area contributed by atoms with Crippen LogP contribution in [0.15, 0.2) is 81.9 Å². The van der Waals surface area contributed by atoms with Gasteiger partial charge < -0.3 is 20.3 Å². The van der Waals surface area contributed by atoms with Gasteiger partial charge in [0.1, 0.15) is 11.5 Å². The fraction of sp³-hybridized carbons (Fsp3) is 0.300. The molecule has 5 rings (SSSR count). The molecule has 0 radical (unpaired) electrons. The zero-order chi connectivity index (χ0) is 30.4. The lowest BCUT2D eigenvalue weighted by atomic mass is 9.74. The molecule has 2 amide bonds. The molecule has 0 saturated carbocycles. The maximum absolute atomic E-state index is 13.6. The monoisotopic (exact) mass is 629 g/mol. The molecule has 12 heteroatoms. The Kier molecular flexibility index (Phi) is 8.00. The number of H-pyrrole nitrogens is 1. The largest absolute Gasteiger partial charge is 0.480 e. The summed E-state index contributed by atoms with van der Waals surface area (Å²) in [7, 11) is -3.50. The molecule has 2 unspecified atom stereocenters. The Labute approximate surface area is 253 Å². The fourth-order valence-electron chi connectivity index (χ4n) is 5.49. The first-order chi connectivity index (χ1) is 19.8. The lowest BCUT2D eigenvalue weighted by Crippen LogP contribution is -2.53. The number of hydrogen-bond donors (Lipinski definition) is 3. The number of rotatable bonds is 7. The van der Waals surface area contributed by atoms with E-state index in [0.29, 0.717) is 24.1 Å². The standard InChI is InChI=1S/C30H29Cl2N3O6S/c1-30(29(39)34-24(28(37)38)14-17-5-3-6-19(13-17)42(2,40)41)25(31)15-18-16-35(12-10-20(18)26(30)32)27(36)22-7-4-8-23-21(22)9-11-33-23/h3-9,11,13,15,24,26,33H,10,12,14,16H2,1-2H3,(H,34,39)(H,37,38)/t24-,26?,30?/m0/s1. The van der Waals surface area contributed by atoms with Gasteiger partial charge in [-0.3, -0.25) is 9.59 Å². The summed E-state index contributed by atoms with van der Waals surface area (Å²) in [5.41, 5.74) is 1.93. The minimum Gasteiger partial charge on any atom is -0.480 e. The van der Waals surface area contributed by atoms with Gasteiger partial charge in [0.15, 0.2) is 9.84 Å². The molecule has 3 aromatic rings. The van der Waals surface area contributed by atoms with Crippen LogP contribution in [0.3, 0.4) is 0 Å². The number of benzene rings is 2. The van der Waals surface area contributed by atoms with E-state index in [1.165, 1.54) is 18.2 Å². The molecule has 0 fully saturated rings. The van der Waals surface area contributed by atoms with Crippen molar-refractivity contribution in [2.24, 2.45) is 5.41 Å². The quantitative estimate of drug-likeness (QED) is 0.334. The highest BCUT2D eigenvalue weighted by molar-refractivity contribution is 7.90. The zero-order valence-corrected chi connectivity index (χ0v) is 25.2. The van der Waals surface area contributed by atoms with Crippen LogP contribution in [0.5, 0.6) is 0 Å². The van der Waals surface area contributed by atoms with Gasteiger partial charge in [0, 0.05) is 53.5 Å². The first-order valence-corrected chi connectivity index (χ1v) is 15.9. The SMILES string of the molecule is CC1(C(=O)N[C@@H](Cc2cccc(S(C)(=O)=O)c2)C(=O)O)C(Cl)=CC2=C(CCN(C(=O)c3cccc4[nH]ccc34)C2)C1Cl. The van der Waals surface area contributed by atoms with Crippen LogP contribution in [0.2, 0.25) is 0 Å².